The van der Waals surface area contributed by atoms with Crippen LogP contribution in [0.5, 0.6) is 0 Å². The third-order valence-corrected chi connectivity index (χ3v) is 3.71. The summed E-state index contributed by atoms with van der Waals surface area (Å²) in [6, 6.07) is 6.52. The van der Waals surface area contributed by atoms with Crippen molar-refractivity contribution in [1.82, 2.24) is 10.2 Å². The highest BCUT2D eigenvalue weighted by Crippen LogP contribution is 2.17. The molecule has 5 heteroatoms. The molecule has 0 saturated carbocycles. The molecule has 1 heterocycles. The van der Waals surface area contributed by atoms with Crippen molar-refractivity contribution in [3.8, 4) is 0 Å². The van der Waals surface area contributed by atoms with Crippen molar-refractivity contribution in [2.75, 3.05) is 44.7 Å². The van der Waals surface area contributed by atoms with E-state index in [9.17, 15) is 9.18 Å². The maximum Gasteiger partial charge on any atom is 0.226 e. The topological polar surface area (TPSA) is 35.6 Å². The first-order valence-electron chi connectivity index (χ1n) is 7.05. The second-order valence-electron chi connectivity index (χ2n) is 5.25. The lowest BCUT2D eigenvalue weighted by Gasteiger charge is -2.37. The van der Waals surface area contributed by atoms with Crippen LogP contribution in [-0.2, 0) is 4.79 Å². The summed E-state index contributed by atoms with van der Waals surface area (Å²) in [7, 11) is 1.86. The molecule has 1 unspecified atom stereocenters. The zero-order valence-corrected chi connectivity index (χ0v) is 12.1. The molecular weight excluding hydrogens is 257 g/mol. The van der Waals surface area contributed by atoms with Crippen molar-refractivity contribution >= 4 is 11.6 Å². The molecule has 0 bridgehead atoms. The van der Waals surface area contributed by atoms with Crippen molar-refractivity contribution in [3.05, 3.63) is 30.1 Å². The number of nitrogens with one attached hydrogen (secondary N) is 1. The van der Waals surface area contributed by atoms with Gasteiger partial charge in [-0.1, -0.05) is 6.92 Å². The summed E-state index contributed by atoms with van der Waals surface area (Å²) in [5.74, 6) is -0.000989. The number of rotatable bonds is 4. The van der Waals surface area contributed by atoms with E-state index in [2.05, 4.69) is 10.2 Å². The highest BCUT2D eigenvalue weighted by Gasteiger charge is 2.24. The summed E-state index contributed by atoms with van der Waals surface area (Å²) in [6.07, 6.45) is 0. The van der Waals surface area contributed by atoms with Crippen molar-refractivity contribution in [2.45, 2.75) is 6.92 Å². The standard InChI is InChI=1S/C15H22FN3O/c1-12(11-17-2)15(20)19-9-7-18(8-10-19)14-5-3-13(16)4-6-14/h3-6,12,17H,7-11H2,1-2H3. The quantitative estimate of drug-likeness (QED) is 0.903. The maximum absolute atomic E-state index is 12.9. The van der Waals surface area contributed by atoms with E-state index in [1.807, 2.05) is 18.9 Å². The predicted molar refractivity (Wildman–Crippen MR) is 78.3 cm³/mol. The highest BCUT2D eigenvalue weighted by molar-refractivity contribution is 5.79. The van der Waals surface area contributed by atoms with Gasteiger partial charge in [0.1, 0.15) is 5.82 Å². The third kappa shape index (κ3) is 3.48. The van der Waals surface area contributed by atoms with Crippen LogP contribution < -0.4 is 10.2 Å². The zero-order valence-electron chi connectivity index (χ0n) is 12.1. The van der Waals surface area contributed by atoms with Gasteiger partial charge >= 0.3 is 0 Å². The van der Waals surface area contributed by atoms with Crippen LogP contribution in [0.4, 0.5) is 10.1 Å². The molecule has 2 rings (SSSR count). The molecule has 1 amide bonds. The molecule has 1 aromatic rings. The Hall–Kier alpha value is -1.62. The minimum atomic E-state index is -0.219. The number of hydrogen-bond donors (Lipinski definition) is 1. The Balaban J connectivity index is 1.89. The van der Waals surface area contributed by atoms with Crippen molar-refractivity contribution < 1.29 is 9.18 Å². The van der Waals surface area contributed by atoms with Gasteiger partial charge < -0.3 is 15.1 Å². The van der Waals surface area contributed by atoms with Gasteiger partial charge in [0.05, 0.1) is 0 Å². The summed E-state index contributed by atoms with van der Waals surface area (Å²) in [6.45, 7) is 5.70. The predicted octanol–water partition coefficient (Wildman–Crippen LogP) is 1.33. The van der Waals surface area contributed by atoms with Gasteiger partial charge in [0, 0.05) is 44.3 Å². The minimum absolute atomic E-state index is 0.0115. The van der Waals surface area contributed by atoms with Crippen LogP contribution in [0, 0.1) is 11.7 Å². The molecule has 0 aromatic heterocycles. The highest BCUT2D eigenvalue weighted by atomic mass is 19.1. The first-order chi connectivity index (χ1) is 9.61. The molecule has 1 N–H and O–H groups in total. The lowest BCUT2D eigenvalue weighted by atomic mass is 10.1. The molecule has 1 saturated heterocycles. The van der Waals surface area contributed by atoms with Crippen LogP contribution >= 0.6 is 0 Å². The second-order valence-corrected chi connectivity index (χ2v) is 5.25. The Morgan fingerprint density at radius 1 is 1.25 bits per heavy atom. The Morgan fingerprint density at radius 2 is 1.85 bits per heavy atom. The molecular formula is C15H22FN3O. The fourth-order valence-electron chi connectivity index (χ4n) is 2.54. The van der Waals surface area contributed by atoms with Crippen LogP contribution in [0.25, 0.3) is 0 Å². The van der Waals surface area contributed by atoms with Gasteiger partial charge in [-0.15, -0.1) is 0 Å². The van der Waals surface area contributed by atoms with E-state index in [1.54, 1.807) is 12.1 Å². The Kier molecular flexibility index (Phi) is 4.95. The number of benzene rings is 1. The normalized spacial score (nSPS) is 17.1. The number of carbonyl (C=O) groups excluding carboxylic acids is 1. The lowest BCUT2D eigenvalue weighted by molar-refractivity contribution is -0.135. The third-order valence-electron chi connectivity index (χ3n) is 3.71. The van der Waals surface area contributed by atoms with Gasteiger partial charge in [0.15, 0.2) is 0 Å². The van der Waals surface area contributed by atoms with E-state index in [0.29, 0.717) is 6.54 Å². The monoisotopic (exact) mass is 279 g/mol. The van der Waals surface area contributed by atoms with E-state index in [4.69, 9.17) is 0 Å². The van der Waals surface area contributed by atoms with Crippen LogP contribution in [0.1, 0.15) is 6.92 Å². The van der Waals surface area contributed by atoms with Crippen LogP contribution in [0.3, 0.4) is 0 Å². The molecule has 1 aliphatic rings. The van der Waals surface area contributed by atoms with Gasteiger partial charge in [-0.25, -0.2) is 4.39 Å². The summed E-state index contributed by atoms with van der Waals surface area (Å²) in [4.78, 5) is 16.3. The zero-order chi connectivity index (χ0) is 14.5. The fourth-order valence-corrected chi connectivity index (χ4v) is 2.54. The number of nitrogens with zero attached hydrogens (tertiary/aromatic N) is 2. The second kappa shape index (κ2) is 6.70. The lowest BCUT2D eigenvalue weighted by Crippen LogP contribution is -2.51. The SMILES string of the molecule is CNCC(C)C(=O)N1CCN(c2ccc(F)cc2)CC1. The summed E-state index contributed by atoms with van der Waals surface area (Å²) in [5, 5.41) is 3.03. The molecule has 0 radical (unpaired) electrons. The Labute approximate surface area is 119 Å². The van der Waals surface area contributed by atoms with E-state index >= 15 is 0 Å². The van der Waals surface area contributed by atoms with Gasteiger partial charge in [-0.3, -0.25) is 4.79 Å². The van der Waals surface area contributed by atoms with E-state index < -0.39 is 0 Å². The molecule has 4 nitrogen and oxygen atoms in total. The summed E-state index contributed by atoms with van der Waals surface area (Å²) >= 11 is 0. The number of carbonyl (C=O) groups is 1. The first kappa shape index (κ1) is 14.8. The smallest absolute Gasteiger partial charge is 0.226 e. The molecule has 20 heavy (non-hydrogen) atoms. The van der Waals surface area contributed by atoms with Crippen LogP contribution in [-0.4, -0.2) is 50.6 Å². The number of anilines is 1. The largest absolute Gasteiger partial charge is 0.368 e. The van der Waals surface area contributed by atoms with Crippen molar-refractivity contribution in [1.29, 1.82) is 0 Å². The molecule has 1 atom stereocenters. The van der Waals surface area contributed by atoms with Gasteiger partial charge in [-0.05, 0) is 31.3 Å². The van der Waals surface area contributed by atoms with E-state index in [0.717, 1.165) is 31.9 Å². The van der Waals surface area contributed by atoms with E-state index in [1.165, 1.54) is 12.1 Å². The molecule has 1 aliphatic heterocycles. The number of hydrogen-bond acceptors (Lipinski definition) is 3. The van der Waals surface area contributed by atoms with Crippen LogP contribution in [0.15, 0.2) is 24.3 Å². The van der Waals surface area contributed by atoms with Crippen LogP contribution in [0.2, 0.25) is 0 Å². The number of amides is 1. The molecule has 1 aromatic carbocycles. The van der Waals surface area contributed by atoms with Gasteiger partial charge in [0.2, 0.25) is 5.91 Å². The number of halogens is 1. The van der Waals surface area contributed by atoms with Gasteiger partial charge in [0.25, 0.3) is 0 Å². The van der Waals surface area contributed by atoms with Crippen molar-refractivity contribution in [3.63, 3.8) is 0 Å². The number of piperazine rings is 1. The average molecular weight is 279 g/mol. The minimum Gasteiger partial charge on any atom is -0.368 e. The fraction of sp³-hybridized carbons (Fsp3) is 0.533. The molecule has 0 spiro atoms. The molecule has 0 aliphatic carbocycles. The van der Waals surface area contributed by atoms with Crippen molar-refractivity contribution in [2.24, 2.45) is 5.92 Å². The maximum atomic E-state index is 12.9. The Bertz CT molecular complexity index is 441. The molecule has 110 valence electrons. The molecule has 1 fully saturated rings. The van der Waals surface area contributed by atoms with Gasteiger partial charge in [-0.2, -0.15) is 0 Å². The Morgan fingerprint density at radius 3 is 2.40 bits per heavy atom. The summed E-state index contributed by atoms with van der Waals surface area (Å²) in [5.41, 5.74) is 1.02. The van der Waals surface area contributed by atoms with E-state index in [-0.39, 0.29) is 17.6 Å². The summed E-state index contributed by atoms with van der Waals surface area (Å²) < 4.78 is 12.9. The first-order valence-corrected chi connectivity index (χ1v) is 7.05. The average Bonchev–Trinajstić information content (AvgIpc) is 2.48.